The smallest absolute Gasteiger partial charge is 0.258 e. The zero-order chi connectivity index (χ0) is 13.9. The quantitative estimate of drug-likeness (QED) is 0.539. The van der Waals surface area contributed by atoms with Crippen molar-refractivity contribution in [1.29, 1.82) is 0 Å². The minimum atomic E-state index is -0.406. The Hall–Kier alpha value is -2.82. The number of hydrogen-bond acceptors (Lipinski definition) is 4. The van der Waals surface area contributed by atoms with E-state index in [0.29, 0.717) is 12.2 Å². The van der Waals surface area contributed by atoms with Crippen LogP contribution < -0.4 is 0 Å². The number of nitro groups is 1. The molecule has 1 aromatic heterocycles. The second-order valence-electron chi connectivity index (χ2n) is 4.45. The van der Waals surface area contributed by atoms with E-state index in [9.17, 15) is 10.1 Å². The molecule has 0 bridgehead atoms. The number of para-hydroxylation sites is 1. The summed E-state index contributed by atoms with van der Waals surface area (Å²) in [5.41, 5.74) is 1.94. The number of rotatable bonds is 3. The third kappa shape index (κ3) is 2.47. The molecule has 0 N–H and O–H groups in total. The number of benzene rings is 2. The second-order valence-corrected chi connectivity index (χ2v) is 4.45. The highest BCUT2D eigenvalue weighted by Gasteiger charge is 2.06. The third-order valence-corrected chi connectivity index (χ3v) is 3.05. The van der Waals surface area contributed by atoms with Crippen LogP contribution in [0.3, 0.4) is 0 Å². The van der Waals surface area contributed by atoms with Crippen molar-refractivity contribution in [2.75, 3.05) is 0 Å². The van der Waals surface area contributed by atoms with Crippen LogP contribution in [0.4, 0.5) is 5.69 Å². The molecule has 20 heavy (non-hydrogen) atoms. The Labute approximate surface area is 115 Å². The second kappa shape index (κ2) is 5.05. The lowest BCUT2D eigenvalue weighted by molar-refractivity contribution is -0.384. The van der Waals surface area contributed by atoms with Crippen molar-refractivity contribution in [3.8, 4) is 0 Å². The molecule has 0 radical (unpaired) electrons. The summed E-state index contributed by atoms with van der Waals surface area (Å²) >= 11 is 0. The summed E-state index contributed by atoms with van der Waals surface area (Å²) in [5, 5.41) is 11.6. The van der Waals surface area contributed by atoms with Gasteiger partial charge in [-0.25, -0.2) is 9.97 Å². The van der Waals surface area contributed by atoms with Crippen LogP contribution in [0, 0.1) is 10.1 Å². The third-order valence-electron chi connectivity index (χ3n) is 3.05. The van der Waals surface area contributed by atoms with Crippen LogP contribution in [-0.4, -0.2) is 14.9 Å². The molecule has 5 heteroatoms. The number of fused-ring (bicyclic) bond motifs is 1. The van der Waals surface area contributed by atoms with E-state index in [2.05, 4.69) is 9.97 Å². The van der Waals surface area contributed by atoms with E-state index in [1.807, 2.05) is 24.3 Å². The molecule has 0 spiro atoms. The normalized spacial score (nSPS) is 10.6. The molecule has 0 aliphatic heterocycles. The van der Waals surface area contributed by atoms with E-state index >= 15 is 0 Å². The summed E-state index contributed by atoms with van der Waals surface area (Å²) in [7, 11) is 0. The Morgan fingerprint density at radius 2 is 1.80 bits per heavy atom. The first kappa shape index (κ1) is 12.2. The fourth-order valence-corrected chi connectivity index (χ4v) is 2.01. The van der Waals surface area contributed by atoms with Gasteiger partial charge in [-0.3, -0.25) is 10.1 Å². The molecule has 0 saturated heterocycles. The average molecular weight is 265 g/mol. The fraction of sp³-hybridized carbons (Fsp3) is 0.0667. The zero-order valence-corrected chi connectivity index (χ0v) is 10.6. The van der Waals surface area contributed by atoms with Gasteiger partial charge in [-0.05, 0) is 11.6 Å². The SMILES string of the molecule is O=[N+]([O-])c1ccc(Cc2ncc3ccccc3n2)cc1. The van der Waals surface area contributed by atoms with Crippen LogP contribution in [0.25, 0.3) is 10.9 Å². The van der Waals surface area contributed by atoms with Gasteiger partial charge in [-0.1, -0.05) is 30.3 Å². The molecule has 2 aromatic carbocycles. The van der Waals surface area contributed by atoms with Crippen molar-refractivity contribution < 1.29 is 4.92 Å². The Morgan fingerprint density at radius 3 is 2.55 bits per heavy atom. The molecule has 0 atom stereocenters. The fourth-order valence-electron chi connectivity index (χ4n) is 2.01. The predicted molar refractivity (Wildman–Crippen MR) is 75.4 cm³/mol. The van der Waals surface area contributed by atoms with E-state index in [1.54, 1.807) is 18.3 Å². The Morgan fingerprint density at radius 1 is 1.05 bits per heavy atom. The van der Waals surface area contributed by atoms with Gasteiger partial charge in [-0.2, -0.15) is 0 Å². The number of non-ortho nitro benzene ring substituents is 1. The number of nitrogens with zero attached hydrogens (tertiary/aromatic N) is 3. The van der Waals surface area contributed by atoms with Gasteiger partial charge < -0.3 is 0 Å². The maximum absolute atomic E-state index is 10.6. The van der Waals surface area contributed by atoms with Crippen LogP contribution in [0.1, 0.15) is 11.4 Å². The molecular weight excluding hydrogens is 254 g/mol. The molecule has 0 amide bonds. The van der Waals surface area contributed by atoms with E-state index in [1.165, 1.54) is 12.1 Å². The molecule has 5 nitrogen and oxygen atoms in total. The van der Waals surface area contributed by atoms with Crippen molar-refractivity contribution in [3.05, 3.63) is 76.2 Å². The maximum atomic E-state index is 10.6. The summed E-state index contributed by atoms with van der Waals surface area (Å²) in [6.07, 6.45) is 2.35. The van der Waals surface area contributed by atoms with Gasteiger partial charge in [0.25, 0.3) is 5.69 Å². The lowest BCUT2D eigenvalue weighted by atomic mass is 10.1. The van der Waals surface area contributed by atoms with Gasteiger partial charge in [0.1, 0.15) is 5.82 Å². The summed E-state index contributed by atoms with van der Waals surface area (Å²) in [6.45, 7) is 0. The predicted octanol–water partition coefficient (Wildman–Crippen LogP) is 3.13. The van der Waals surface area contributed by atoms with Crippen molar-refractivity contribution >= 4 is 16.6 Å². The van der Waals surface area contributed by atoms with Gasteiger partial charge in [0, 0.05) is 30.1 Å². The van der Waals surface area contributed by atoms with Crippen LogP contribution in [0.2, 0.25) is 0 Å². The highest BCUT2D eigenvalue weighted by atomic mass is 16.6. The number of hydrogen-bond donors (Lipinski definition) is 0. The van der Waals surface area contributed by atoms with Crippen molar-refractivity contribution in [1.82, 2.24) is 9.97 Å². The largest absolute Gasteiger partial charge is 0.269 e. The highest BCUT2D eigenvalue weighted by molar-refractivity contribution is 5.77. The van der Waals surface area contributed by atoms with E-state index in [4.69, 9.17) is 0 Å². The minimum Gasteiger partial charge on any atom is -0.258 e. The molecule has 0 saturated carbocycles. The van der Waals surface area contributed by atoms with Crippen LogP contribution >= 0.6 is 0 Å². The first-order valence-corrected chi connectivity index (χ1v) is 6.16. The molecule has 0 aliphatic rings. The minimum absolute atomic E-state index is 0.0909. The van der Waals surface area contributed by atoms with Gasteiger partial charge >= 0.3 is 0 Å². The van der Waals surface area contributed by atoms with Crippen LogP contribution in [0.15, 0.2) is 54.7 Å². The topological polar surface area (TPSA) is 68.9 Å². The number of aromatic nitrogens is 2. The standard InChI is InChI=1S/C15H11N3O2/c19-18(20)13-7-5-11(6-8-13)9-15-16-10-12-3-1-2-4-14(12)17-15/h1-8,10H,9H2. The lowest BCUT2D eigenvalue weighted by Crippen LogP contribution is -1.97. The van der Waals surface area contributed by atoms with Gasteiger partial charge in [-0.15, -0.1) is 0 Å². The summed E-state index contributed by atoms with van der Waals surface area (Å²) in [6, 6.07) is 14.2. The van der Waals surface area contributed by atoms with Crippen molar-refractivity contribution in [2.24, 2.45) is 0 Å². The summed E-state index contributed by atoms with van der Waals surface area (Å²) in [5.74, 6) is 0.706. The van der Waals surface area contributed by atoms with Crippen molar-refractivity contribution in [2.45, 2.75) is 6.42 Å². The van der Waals surface area contributed by atoms with Crippen molar-refractivity contribution in [3.63, 3.8) is 0 Å². The molecule has 0 fully saturated rings. The highest BCUT2D eigenvalue weighted by Crippen LogP contribution is 2.15. The van der Waals surface area contributed by atoms with E-state index in [0.717, 1.165) is 16.5 Å². The first-order valence-electron chi connectivity index (χ1n) is 6.16. The molecule has 3 rings (SSSR count). The molecule has 0 aliphatic carbocycles. The maximum Gasteiger partial charge on any atom is 0.269 e. The first-order chi connectivity index (χ1) is 9.72. The summed E-state index contributed by atoms with van der Waals surface area (Å²) in [4.78, 5) is 19.0. The molecule has 3 aromatic rings. The zero-order valence-electron chi connectivity index (χ0n) is 10.6. The molecular formula is C15H11N3O2. The van der Waals surface area contributed by atoms with Gasteiger partial charge in [0.15, 0.2) is 0 Å². The Bertz CT molecular complexity index is 769. The Balaban J connectivity index is 1.87. The lowest BCUT2D eigenvalue weighted by Gasteiger charge is -2.02. The molecule has 98 valence electrons. The summed E-state index contributed by atoms with van der Waals surface area (Å²) < 4.78 is 0. The van der Waals surface area contributed by atoms with Gasteiger partial charge in [0.2, 0.25) is 0 Å². The molecule has 0 unspecified atom stereocenters. The number of nitro benzene ring substituents is 1. The van der Waals surface area contributed by atoms with Crippen LogP contribution in [-0.2, 0) is 6.42 Å². The van der Waals surface area contributed by atoms with E-state index < -0.39 is 4.92 Å². The monoisotopic (exact) mass is 265 g/mol. The van der Waals surface area contributed by atoms with Crippen LogP contribution in [0.5, 0.6) is 0 Å². The molecule has 1 heterocycles. The Kier molecular flexibility index (Phi) is 3.09. The average Bonchev–Trinajstić information content (AvgIpc) is 2.48. The van der Waals surface area contributed by atoms with Gasteiger partial charge in [0.05, 0.1) is 10.4 Å². The van der Waals surface area contributed by atoms with E-state index in [-0.39, 0.29) is 5.69 Å².